The maximum absolute atomic E-state index is 12.7. The van der Waals surface area contributed by atoms with Crippen molar-refractivity contribution in [1.82, 2.24) is 9.62 Å². The van der Waals surface area contributed by atoms with E-state index >= 15 is 0 Å². The van der Waals surface area contributed by atoms with Crippen LogP contribution in [-0.2, 0) is 21.4 Å². The zero-order chi connectivity index (χ0) is 20.9. The summed E-state index contributed by atoms with van der Waals surface area (Å²) in [6, 6.07) is 10.5. The minimum atomic E-state index is -3.84. The number of carbonyl (C=O) groups is 1. The molecule has 2 rings (SSSR count). The van der Waals surface area contributed by atoms with E-state index in [1.807, 2.05) is 12.1 Å². The number of halogens is 1. The Morgan fingerprint density at radius 3 is 2.36 bits per heavy atom. The first-order chi connectivity index (χ1) is 13.2. The van der Waals surface area contributed by atoms with Gasteiger partial charge in [0.25, 0.3) is 0 Å². The number of nitrogens with one attached hydrogen (secondary N) is 1. The number of methoxy groups -OCH3 is 2. The van der Waals surface area contributed by atoms with Crippen LogP contribution >= 0.6 is 15.9 Å². The Labute approximate surface area is 173 Å². The van der Waals surface area contributed by atoms with Crippen molar-refractivity contribution in [3.8, 4) is 11.5 Å². The Morgan fingerprint density at radius 1 is 1.14 bits per heavy atom. The van der Waals surface area contributed by atoms with Crippen molar-refractivity contribution in [2.24, 2.45) is 0 Å². The van der Waals surface area contributed by atoms with Gasteiger partial charge in [-0.15, -0.1) is 0 Å². The van der Waals surface area contributed by atoms with Crippen LogP contribution in [0.1, 0.15) is 12.5 Å². The van der Waals surface area contributed by atoms with Crippen molar-refractivity contribution in [3.63, 3.8) is 0 Å². The number of carbonyl (C=O) groups excluding carboxylic acids is 1. The summed E-state index contributed by atoms with van der Waals surface area (Å²) in [6.45, 7) is 1.79. The van der Waals surface area contributed by atoms with E-state index in [1.54, 1.807) is 32.4 Å². The van der Waals surface area contributed by atoms with Gasteiger partial charge in [-0.25, -0.2) is 8.42 Å². The maximum Gasteiger partial charge on any atom is 0.241 e. The van der Waals surface area contributed by atoms with Gasteiger partial charge in [-0.2, -0.15) is 4.72 Å². The molecule has 0 heterocycles. The van der Waals surface area contributed by atoms with Gasteiger partial charge in [-0.3, -0.25) is 4.79 Å². The molecule has 7 nitrogen and oxygen atoms in total. The van der Waals surface area contributed by atoms with Crippen molar-refractivity contribution in [2.45, 2.75) is 24.4 Å². The molecule has 9 heteroatoms. The van der Waals surface area contributed by atoms with Crippen molar-refractivity contribution in [3.05, 3.63) is 52.5 Å². The van der Waals surface area contributed by atoms with Crippen molar-refractivity contribution < 1.29 is 22.7 Å². The molecule has 152 valence electrons. The third-order valence-corrected chi connectivity index (χ3v) is 6.15. The molecule has 1 N–H and O–H groups in total. The summed E-state index contributed by atoms with van der Waals surface area (Å²) in [5, 5.41) is 0. The van der Waals surface area contributed by atoms with Gasteiger partial charge in [0, 0.05) is 23.6 Å². The highest BCUT2D eigenvalue weighted by Gasteiger charge is 2.25. The number of likely N-dealkylation sites (N-methyl/N-ethyl adjacent to an activating group) is 1. The van der Waals surface area contributed by atoms with Gasteiger partial charge in [0.15, 0.2) is 0 Å². The first-order valence-electron chi connectivity index (χ1n) is 8.41. The Hall–Kier alpha value is -2.10. The summed E-state index contributed by atoms with van der Waals surface area (Å²) in [5.41, 5.74) is 0.804. The lowest BCUT2D eigenvalue weighted by molar-refractivity contribution is -0.131. The van der Waals surface area contributed by atoms with Gasteiger partial charge in [0.05, 0.1) is 25.2 Å². The number of ether oxygens (including phenoxy) is 2. The molecular weight excluding hydrogens is 448 g/mol. The van der Waals surface area contributed by atoms with Crippen LogP contribution in [-0.4, -0.2) is 46.5 Å². The van der Waals surface area contributed by atoms with E-state index in [4.69, 9.17) is 9.47 Å². The summed E-state index contributed by atoms with van der Waals surface area (Å²) in [7, 11) is 0.826. The van der Waals surface area contributed by atoms with Gasteiger partial charge in [0.2, 0.25) is 15.9 Å². The predicted molar refractivity (Wildman–Crippen MR) is 110 cm³/mol. The fourth-order valence-corrected chi connectivity index (χ4v) is 4.25. The smallest absolute Gasteiger partial charge is 0.241 e. The molecule has 0 saturated carbocycles. The largest absolute Gasteiger partial charge is 0.497 e. The molecule has 2 aromatic rings. The molecule has 0 spiro atoms. The van der Waals surface area contributed by atoms with E-state index in [-0.39, 0.29) is 17.3 Å². The number of nitrogens with zero attached hydrogens (tertiary/aromatic N) is 1. The molecule has 0 unspecified atom stereocenters. The highest BCUT2D eigenvalue weighted by Crippen LogP contribution is 2.24. The van der Waals surface area contributed by atoms with E-state index in [0.717, 1.165) is 10.0 Å². The molecule has 28 heavy (non-hydrogen) atoms. The molecule has 1 amide bonds. The summed E-state index contributed by atoms with van der Waals surface area (Å²) in [6.07, 6.45) is 0. The first-order valence-corrected chi connectivity index (χ1v) is 10.7. The van der Waals surface area contributed by atoms with Crippen LogP contribution in [0.3, 0.4) is 0 Å². The van der Waals surface area contributed by atoms with Crippen LogP contribution < -0.4 is 14.2 Å². The van der Waals surface area contributed by atoms with Gasteiger partial charge in [-0.05, 0) is 49.4 Å². The van der Waals surface area contributed by atoms with E-state index in [2.05, 4.69) is 20.7 Å². The second-order valence-electron chi connectivity index (χ2n) is 6.17. The van der Waals surface area contributed by atoms with Crippen LogP contribution in [0.5, 0.6) is 11.5 Å². The predicted octanol–water partition coefficient (Wildman–Crippen LogP) is 2.79. The van der Waals surface area contributed by atoms with Crippen LogP contribution in [0.15, 0.2) is 51.8 Å². The van der Waals surface area contributed by atoms with Crippen molar-refractivity contribution in [2.75, 3.05) is 21.3 Å². The second-order valence-corrected chi connectivity index (χ2v) is 8.80. The average molecular weight is 471 g/mol. The van der Waals surface area contributed by atoms with Crippen LogP contribution in [0.4, 0.5) is 0 Å². The molecule has 0 bridgehead atoms. The third-order valence-electron chi connectivity index (χ3n) is 4.10. The molecule has 0 radical (unpaired) electrons. The zero-order valence-electron chi connectivity index (χ0n) is 16.1. The molecular formula is C19H23BrN2O5S. The molecule has 0 saturated heterocycles. The molecule has 0 aliphatic rings. The standard InChI is InChI=1S/C19H23BrN2O5S/c1-13(21-28(24,25)17-8-6-16(26-3)7-9-17)19(23)22(2)12-14-11-15(20)5-10-18(14)27-4/h5-11,13,21H,12H2,1-4H3/t13-/m0/s1. The third kappa shape index (κ3) is 5.46. The van der Waals surface area contributed by atoms with Gasteiger partial charge < -0.3 is 14.4 Å². The fraction of sp³-hybridized carbons (Fsp3) is 0.316. The topological polar surface area (TPSA) is 84.9 Å². The Morgan fingerprint density at radius 2 is 1.79 bits per heavy atom. The second kappa shape index (κ2) is 9.40. The molecule has 1 atom stereocenters. The number of amides is 1. The van der Waals surface area contributed by atoms with E-state index < -0.39 is 16.1 Å². The molecule has 2 aromatic carbocycles. The lowest BCUT2D eigenvalue weighted by Crippen LogP contribution is -2.45. The number of rotatable bonds is 8. The lowest BCUT2D eigenvalue weighted by Gasteiger charge is -2.23. The SMILES string of the molecule is COc1ccc(S(=O)(=O)N[C@@H](C)C(=O)N(C)Cc2cc(Br)ccc2OC)cc1. The van der Waals surface area contributed by atoms with Crippen LogP contribution in [0.25, 0.3) is 0 Å². The highest BCUT2D eigenvalue weighted by atomic mass is 79.9. The van der Waals surface area contributed by atoms with Gasteiger partial charge in [-0.1, -0.05) is 15.9 Å². The first kappa shape index (κ1) is 22.2. The summed E-state index contributed by atoms with van der Waals surface area (Å²) in [5.74, 6) is 0.833. The number of benzene rings is 2. The minimum Gasteiger partial charge on any atom is -0.497 e. The number of sulfonamides is 1. The summed E-state index contributed by atoms with van der Waals surface area (Å²) >= 11 is 3.40. The van der Waals surface area contributed by atoms with E-state index in [0.29, 0.717) is 11.5 Å². The quantitative estimate of drug-likeness (QED) is 0.640. The molecule has 0 fully saturated rings. The van der Waals surface area contributed by atoms with E-state index in [9.17, 15) is 13.2 Å². The van der Waals surface area contributed by atoms with Crippen molar-refractivity contribution in [1.29, 1.82) is 0 Å². The highest BCUT2D eigenvalue weighted by molar-refractivity contribution is 9.10. The molecule has 0 aliphatic heterocycles. The summed E-state index contributed by atoms with van der Waals surface area (Å²) < 4.78 is 38.7. The van der Waals surface area contributed by atoms with Crippen LogP contribution in [0, 0.1) is 0 Å². The van der Waals surface area contributed by atoms with Gasteiger partial charge >= 0.3 is 0 Å². The Balaban J connectivity index is 2.09. The van der Waals surface area contributed by atoms with Crippen LogP contribution in [0.2, 0.25) is 0 Å². The fourth-order valence-electron chi connectivity index (χ4n) is 2.64. The van der Waals surface area contributed by atoms with E-state index in [1.165, 1.54) is 31.1 Å². The average Bonchev–Trinajstić information content (AvgIpc) is 2.67. The lowest BCUT2D eigenvalue weighted by atomic mass is 10.2. The Bertz CT molecular complexity index is 932. The summed E-state index contributed by atoms with van der Waals surface area (Å²) in [4.78, 5) is 14.2. The minimum absolute atomic E-state index is 0.0595. The normalized spacial score (nSPS) is 12.3. The van der Waals surface area contributed by atoms with Gasteiger partial charge in [0.1, 0.15) is 11.5 Å². The zero-order valence-corrected chi connectivity index (χ0v) is 18.5. The molecule has 0 aliphatic carbocycles. The Kier molecular flexibility index (Phi) is 7.45. The molecule has 0 aromatic heterocycles. The maximum atomic E-state index is 12.7. The van der Waals surface area contributed by atoms with Crippen molar-refractivity contribution >= 4 is 31.9 Å². The number of hydrogen-bond donors (Lipinski definition) is 1. The number of hydrogen-bond acceptors (Lipinski definition) is 5. The monoisotopic (exact) mass is 470 g/mol.